The molecular weight excluding hydrogens is 383 g/mol. The second-order valence-electron chi connectivity index (χ2n) is 7.65. The lowest BCUT2D eigenvalue weighted by Gasteiger charge is -2.35. The number of anilines is 1. The number of carbonyl (C=O) groups is 1. The van der Waals surface area contributed by atoms with E-state index in [1.165, 1.54) is 11.1 Å². The fraction of sp³-hybridized carbons (Fsp3) is 0.500. The number of carbonyl (C=O) groups excluding carboxylic acids is 1. The number of likely N-dealkylation sites (N-methyl/N-ethyl adjacent to an activating group) is 1. The van der Waals surface area contributed by atoms with E-state index < -0.39 is 18.3 Å². The topological polar surface area (TPSA) is 54.6 Å². The zero-order chi connectivity index (χ0) is 20.6. The van der Waals surface area contributed by atoms with Crippen molar-refractivity contribution < 1.29 is 22.9 Å². The molecule has 29 heavy (non-hydrogen) atoms. The Morgan fingerprint density at radius 3 is 2.55 bits per heavy atom. The second-order valence-corrected chi connectivity index (χ2v) is 7.65. The number of quaternary nitrogens is 1. The smallest absolute Gasteiger partial charge is 0.363 e. The lowest BCUT2D eigenvalue weighted by molar-refractivity contribution is -0.902. The Hall–Kier alpha value is -2.55. The van der Waals surface area contributed by atoms with E-state index >= 15 is 0 Å². The molecule has 0 radical (unpaired) electrons. The summed E-state index contributed by atoms with van der Waals surface area (Å²) in [5, 5.41) is 7.11. The number of hydrogen-bond acceptors (Lipinski definition) is 3. The summed E-state index contributed by atoms with van der Waals surface area (Å²) < 4.78 is 42.2. The van der Waals surface area contributed by atoms with Gasteiger partial charge >= 0.3 is 6.18 Å². The first-order chi connectivity index (χ1) is 13.9. The molecule has 6 nitrogen and oxygen atoms in total. The second kappa shape index (κ2) is 7.70. The van der Waals surface area contributed by atoms with Crippen molar-refractivity contribution in [2.24, 2.45) is 0 Å². The van der Waals surface area contributed by atoms with Crippen LogP contribution >= 0.6 is 0 Å². The molecule has 2 N–H and O–H groups in total. The molecule has 3 heterocycles. The zero-order valence-corrected chi connectivity index (χ0v) is 16.2. The van der Waals surface area contributed by atoms with Crippen LogP contribution in [0, 0.1) is 0 Å². The number of alkyl halides is 3. The molecule has 0 unspecified atom stereocenters. The summed E-state index contributed by atoms with van der Waals surface area (Å²) in [4.78, 5) is 16.2. The zero-order valence-electron chi connectivity index (χ0n) is 16.2. The quantitative estimate of drug-likeness (QED) is 0.816. The summed E-state index contributed by atoms with van der Waals surface area (Å²) in [6, 6.07) is 6.70. The summed E-state index contributed by atoms with van der Waals surface area (Å²) in [7, 11) is 0. The minimum absolute atomic E-state index is 0.155. The number of fused-ring (bicyclic) bond motifs is 1. The number of amides is 1. The van der Waals surface area contributed by atoms with E-state index in [-0.39, 0.29) is 23.7 Å². The molecule has 1 aromatic heterocycles. The minimum Gasteiger partial charge on any atom is -0.363 e. The van der Waals surface area contributed by atoms with Crippen LogP contribution in [0.3, 0.4) is 0 Å². The lowest BCUT2D eigenvalue weighted by Crippen LogP contribution is -3.14. The molecule has 0 spiro atoms. The molecule has 2 aromatic rings. The molecule has 1 amide bonds. The highest BCUT2D eigenvalue weighted by molar-refractivity contribution is 5.99. The highest BCUT2D eigenvalue weighted by Gasteiger charge is 2.47. The van der Waals surface area contributed by atoms with Crippen molar-refractivity contribution >= 4 is 11.7 Å². The van der Waals surface area contributed by atoms with Gasteiger partial charge in [0.2, 0.25) is 0 Å². The van der Waals surface area contributed by atoms with Crippen LogP contribution in [0.4, 0.5) is 19.0 Å². The van der Waals surface area contributed by atoms with E-state index in [1.807, 2.05) is 6.07 Å². The van der Waals surface area contributed by atoms with Gasteiger partial charge in [0, 0.05) is 6.42 Å². The summed E-state index contributed by atoms with van der Waals surface area (Å²) in [5.74, 6) is -0.105. The van der Waals surface area contributed by atoms with Crippen molar-refractivity contribution in [3.8, 4) is 0 Å². The summed E-state index contributed by atoms with van der Waals surface area (Å²) in [5.41, 5.74) is 0.965. The van der Waals surface area contributed by atoms with Crippen molar-refractivity contribution in [3.05, 3.63) is 47.7 Å². The third-order valence-corrected chi connectivity index (χ3v) is 5.93. The van der Waals surface area contributed by atoms with Gasteiger partial charge in [-0.1, -0.05) is 30.3 Å². The van der Waals surface area contributed by atoms with Crippen LogP contribution in [0.25, 0.3) is 0 Å². The molecule has 0 saturated carbocycles. The highest BCUT2D eigenvalue weighted by Crippen LogP contribution is 2.44. The predicted molar refractivity (Wildman–Crippen MR) is 102 cm³/mol. The molecule has 0 aliphatic carbocycles. The average Bonchev–Trinajstić information content (AvgIpc) is 3.16. The Morgan fingerprint density at radius 2 is 1.93 bits per heavy atom. The number of rotatable bonds is 3. The van der Waals surface area contributed by atoms with Gasteiger partial charge in [0.25, 0.3) is 5.91 Å². The van der Waals surface area contributed by atoms with E-state index in [1.54, 1.807) is 29.2 Å². The maximum atomic E-state index is 13.8. The van der Waals surface area contributed by atoms with Gasteiger partial charge in [0.1, 0.15) is 11.4 Å². The fourth-order valence-electron chi connectivity index (χ4n) is 4.17. The predicted octanol–water partition coefficient (Wildman–Crippen LogP) is 1.90. The van der Waals surface area contributed by atoms with Crippen LogP contribution in [0.1, 0.15) is 41.3 Å². The summed E-state index contributed by atoms with van der Waals surface area (Å²) in [6.45, 7) is 5.98. The number of nitrogens with one attached hydrogen (secondary N) is 2. The van der Waals surface area contributed by atoms with Gasteiger partial charge in [0.05, 0.1) is 45.0 Å². The van der Waals surface area contributed by atoms with Gasteiger partial charge in [0.15, 0.2) is 6.04 Å². The normalized spacial score (nSPS) is 22.8. The van der Waals surface area contributed by atoms with E-state index in [2.05, 4.69) is 17.3 Å². The van der Waals surface area contributed by atoms with Crippen molar-refractivity contribution in [1.29, 1.82) is 0 Å². The van der Waals surface area contributed by atoms with Crippen LogP contribution in [0.2, 0.25) is 0 Å². The number of nitrogens with zero attached hydrogens (tertiary/aromatic N) is 3. The molecule has 2 aliphatic rings. The van der Waals surface area contributed by atoms with Gasteiger partial charge in [-0.2, -0.15) is 18.3 Å². The molecule has 1 saturated heterocycles. The molecule has 0 bridgehead atoms. The Morgan fingerprint density at radius 1 is 1.24 bits per heavy atom. The number of benzene rings is 1. The van der Waals surface area contributed by atoms with Crippen molar-refractivity contribution in [3.63, 3.8) is 0 Å². The molecule has 9 heteroatoms. The van der Waals surface area contributed by atoms with Crippen molar-refractivity contribution in [2.75, 3.05) is 38.0 Å². The van der Waals surface area contributed by atoms with Crippen LogP contribution in [0.15, 0.2) is 36.5 Å². The number of piperazine rings is 1. The van der Waals surface area contributed by atoms with Gasteiger partial charge in [-0.05, 0) is 12.5 Å². The highest BCUT2D eigenvalue weighted by atomic mass is 19.4. The maximum absolute atomic E-state index is 13.8. The Kier molecular flexibility index (Phi) is 5.24. The number of hydrogen-bond donors (Lipinski definition) is 2. The standard InChI is InChI=1S/C20H24F3N5O/c1-2-26-8-10-27(11-9-26)19(29)15-13-24-28-17(20(21,22)23)12-16(25-18(15)28)14-6-4-3-5-7-14/h3-7,13,16-17,25H,2,8-12H2,1H3/p+1/t16-,17+/m1/s1. The minimum atomic E-state index is -4.45. The van der Waals surface area contributed by atoms with Crippen LogP contribution in [0.5, 0.6) is 0 Å². The van der Waals surface area contributed by atoms with Crippen molar-refractivity contribution in [2.45, 2.75) is 31.6 Å². The van der Waals surface area contributed by atoms with E-state index in [4.69, 9.17) is 0 Å². The molecule has 2 aliphatic heterocycles. The van der Waals surface area contributed by atoms with Crippen LogP contribution in [-0.2, 0) is 0 Å². The average molecular weight is 408 g/mol. The van der Waals surface area contributed by atoms with Gasteiger partial charge < -0.3 is 15.1 Å². The third-order valence-electron chi connectivity index (χ3n) is 5.93. The summed E-state index contributed by atoms with van der Waals surface area (Å²) >= 11 is 0. The lowest BCUT2D eigenvalue weighted by atomic mass is 9.96. The molecule has 4 rings (SSSR count). The van der Waals surface area contributed by atoms with E-state index in [9.17, 15) is 18.0 Å². The molecular formula is C20H25F3N5O+. The van der Waals surface area contributed by atoms with E-state index in [0.717, 1.165) is 29.9 Å². The maximum Gasteiger partial charge on any atom is 0.410 e. The van der Waals surface area contributed by atoms with Gasteiger partial charge in [-0.15, -0.1) is 0 Å². The first-order valence-corrected chi connectivity index (χ1v) is 9.97. The Bertz CT molecular complexity index is 859. The van der Waals surface area contributed by atoms with Crippen LogP contribution in [-0.4, -0.2) is 59.5 Å². The first kappa shape index (κ1) is 19.8. The molecule has 156 valence electrons. The largest absolute Gasteiger partial charge is 0.410 e. The Balaban J connectivity index is 1.64. The van der Waals surface area contributed by atoms with Crippen LogP contribution < -0.4 is 10.2 Å². The molecule has 2 atom stereocenters. The number of aromatic nitrogens is 2. The van der Waals surface area contributed by atoms with Gasteiger partial charge in [-0.25, -0.2) is 4.68 Å². The monoisotopic (exact) mass is 408 g/mol. The molecule has 1 fully saturated rings. The molecule has 1 aromatic carbocycles. The number of halogens is 3. The Labute approximate surface area is 167 Å². The summed E-state index contributed by atoms with van der Waals surface area (Å²) in [6.07, 6.45) is -3.35. The third kappa shape index (κ3) is 3.83. The van der Waals surface area contributed by atoms with Gasteiger partial charge in [-0.3, -0.25) is 4.79 Å². The van der Waals surface area contributed by atoms with E-state index in [0.29, 0.717) is 13.1 Å². The first-order valence-electron chi connectivity index (χ1n) is 9.97. The van der Waals surface area contributed by atoms with Crippen molar-refractivity contribution in [1.82, 2.24) is 14.7 Å². The SMILES string of the molecule is CC[NH+]1CCN(C(=O)c2cnn3c2N[C@@H](c2ccccc2)C[C@H]3C(F)(F)F)CC1. The fourth-order valence-corrected chi connectivity index (χ4v) is 4.17.